The van der Waals surface area contributed by atoms with Crippen LogP contribution in [0.2, 0.25) is 0 Å². The molecule has 0 saturated heterocycles. The number of nitrogens with one attached hydrogen (secondary N) is 2. The third-order valence-electron chi connectivity index (χ3n) is 2.11. The largest absolute Gasteiger partial charge is 0.481 e. The Balaban J connectivity index is 3.55. The molecular weight excluding hydrogens is 228 g/mol. The van der Waals surface area contributed by atoms with Crippen LogP contribution in [0.3, 0.4) is 0 Å². The van der Waals surface area contributed by atoms with Gasteiger partial charge in [0.1, 0.15) is 6.04 Å². The molecule has 0 rings (SSSR count). The normalized spacial score (nSPS) is 12.3. The van der Waals surface area contributed by atoms with Crippen molar-refractivity contribution in [2.45, 2.75) is 25.3 Å². The van der Waals surface area contributed by atoms with Crippen LogP contribution in [-0.2, 0) is 9.59 Å². The van der Waals surface area contributed by atoms with E-state index in [9.17, 15) is 9.59 Å². The lowest BCUT2D eigenvalue weighted by Crippen LogP contribution is -2.39. The molecule has 0 fully saturated rings. The molecule has 1 atom stereocenters. The quantitative estimate of drug-likeness (QED) is 0.293. The van der Waals surface area contributed by atoms with Crippen molar-refractivity contribution in [3.63, 3.8) is 0 Å². The maximum Gasteiger partial charge on any atom is 0.321 e. The Kier molecular flexibility index (Phi) is 9.31. The Morgan fingerprint density at radius 2 is 1.71 bits per heavy atom. The lowest BCUT2D eigenvalue weighted by atomic mass is 10.2. The van der Waals surface area contributed by atoms with E-state index in [1.807, 2.05) is 0 Å². The molecule has 100 valence electrons. The van der Waals surface area contributed by atoms with Gasteiger partial charge in [0.25, 0.3) is 0 Å². The number of aliphatic hydroxyl groups is 1. The van der Waals surface area contributed by atoms with E-state index in [-0.39, 0.29) is 6.61 Å². The van der Waals surface area contributed by atoms with Gasteiger partial charge in [-0.2, -0.15) is 0 Å². The van der Waals surface area contributed by atoms with Gasteiger partial charge in [0, 0.05) is 6.61 Å². The molecule has 1 unspecified atom stereocenters. The Morgan fingerprint density at radius 3 is 2.24 bits per heavy atom. The van der Waals surface area contributed by atoms with Crippen molar-refractivity contribution in [3.8, 4) is 0 Å². The lowest BCUT2D eigenvalue weighted by molar-refractivity contribution is -0.145. The zero-order valence-corrected chi connectivity index (χ0v) is 9.69. The van der Waals surface area contributed by atoms with E-state index < -0.39 is 24.4 Å². The number of aliphatic carboxylic acids is 2. The average molecular weight is 248 g/mol. The molecule has 7 nitrogen and oxygen atoms in total. The summed E-state index contributed by atoms with van der Waals surface area (Å²) in [5.41, 5.74) is 0. The first kappa shape index (κ1) is 15.8. The first-order valence-corrected chi connectivity index (χ1v) is 5.57. The van der Waals surface area contributed by atoms with Crippen molar-refractivity contribution in [2.75, 3.05) is 26.2 Å². The van der Waals surface area contributed by atoms with Crippen molar-refractivity contribution >= 4 is 11.9 Å². The topological polar surface area (TPSA) is 119 Å². The van der Waals surface area contributed by atoms with E-state index in [0.717, 1.165) is 0 Å². The summed E-state index contributed by atoms with van der Waals surface area (Å²) in [7, 11) is 0. The van der Waals surface area contributed by atoms with Gasteiger partial charge in [0.2, 0.25) is 0 Å². The van der Waals surface area contributed by atoms with Gasteiger partial charge in [-0.05, 0) is 32.5 Å². The zero-order valence-electron chi connectivity index (χ0n) is 9.69. The number of aliphatic hydroxyl groups excluding tert-OH is 1. The van der Waals surface area contributed by atoms with Crippen molar-refractivity contribution in [2.24, 2.45) is 0 Å². The molecule has 0 aliphatic carbocycles. The Labute approximate surface area is 99.8 Å². The predicted molar refractivity (Wildman–Crippen MR) is 60.9 cm³/mol. The van der Waals surface area contributed by atoms with Gasteiger partial charge in [-0.15, -0.1) is 0 Å². The van der Waals surface area contributed by atoms with Crippen LogP contribution >= 0.6 is 0 Å². The molecule has 7 heteroatoms. The van der Waals surface area contributed by atoms with Crippen LogP contribution in [0.5, 0.6) is 0 Å². The molecule has 0 bridgehead atoms. The van der Waals surface area contributed by atoms with Crippen LogP contribution in [-0.4, -0.2) is 59.5 Å². The molecule has 0 amide bonds. The van der Waals surface area contributed by atoms with E-state index >= 15 is 0 Å². The maximum atomic E-state index is 10.7. The third-order valence-corrected chi connectivity index (χ3v) is 2.11. The summed E-state index contributed by atoms with van der Waals surface area (Å²) in [4.78, 5) is 21.1. The zero-order chi connectivity index (χ0) is 13.1. The van der Waals surface area contributed by atoms with Crippen molar-refractivity contribution in [3.05, 3.63) is 0 Å². The van der Waals surface area contributed by atoms with Gasteiger partial charge >= 0.3 is 11.9 Å². The highest BCUT2D eigenvalue weighted by Crippen LogP contribution is 1.92. The second-order valence-corrected chi connectivity index (χ2v) is 3.62. The molecule has 0 radical (unpaired) electrons. The molecule has 0 saturated carbocycles. The smallest absolute Gasteiger partial charge is 0.321 e. The monoisotopic (exact) mass is 248 g/mol. The van der Waals surface area contributed by atoms with Gasteiger partial charge in [-0.3, -0.25) is 9.59 Å². The highest BCUT2D eigenvalue weighted by molar-refractivity contribution is 5.80. The second-order valence-electron chi connectivity index (χ2n) is 3.62. The molecule has 0 heterocycles. The second kappa shape index (κ2) is 10.0. The van der Waals surface area contributed by atoms with Crippen molar-refractivity contribution in [1.82, 2.24) is 10.6 Å². The van der Waals surface area contributed by atoms with E-state index in [2.05, 4.69) is 10.6 Å². The molecule has 0 aromatic carbocycles. The van der Waals surface area contributed by atoms with Gasteiger partial charge in [0.15, 0.2) is 0 Å². The minimum Gasteiger partial charge on any atom is -0.481 e. The highest BCUT2D eigenvalue weighted by atomic mass is 16.4. The van der Waals surface area contributed by atoms with Crippen LogP contribution in [0, 0.1) is 0 Å². The van der Waals surface area contributed by atoms with Crippen LogP contribution in [0.1, 0.15) is 19.3 Å². The molecule has 17 heavy (non-hydrogen) atoms. The summed E-state index contributed by atoms with van der Waals surface area (Å²) < 4.78 is 0. The minimum absolute atomic E-state index is 0.144. The van der Waals surface area contributed by atoms with Gasteiger partial charge in [-0.25, -0.2) is 0 Å². The van der Waals surface area contributed by atoms with Crippen LogP contribution in [0.4, 0.5) is 0 Å². The van der Waals surface area contributed by atoms with Gasteiger partial charge in [0.05, 0.1) is 6.42 Å². The molecule has 0 spiro atoms. The van der Waals surface area contributed by atoms with Gasteiger partial charge in [-0.1, -0.05) is 0 Å². The van der Waals surface area contributed by atoms with Crippen molar-refractivity contribution in [1.29, 1.82) is 0 Å². The van der Waals surface area contributed by atoms with E-state index in [0.29, 0.717) is 32.5 Å². The van der Waals surface area contributed by atoms with Crippen LogP contribution in [0.25, 0.3) is 0 Å². The first-order valence-electron chi connectivity index (χ1n) is 5.57. The van der Waals surface area contributed by atoms with Gasteiger partial charge < -0.3 is 26.0 Å². The molecule has 0 aromatic rings. The fourth-order valence-electron chi connectivity index (χ4n) is 1.24. The summed E-state index contributed by atoms with van der Waals surface area (Å²) >= 11 is 0. The Hall–Kier alpha value is -1.18. The summed E-state index contributed by atoms with van der Waals surface area (Å²) in [5, 5.41) is 31.5. The molecular formula is C10H20N2O5. The first-order chi connectivity index (χ1) is 8.07. The van der Waals surface area contributed by atoms with E-state index in [1.165, 1.54) is 0 Å². The third kappa shape index (κ3) is 9.73. The Bertz CT molecular complexity index is 235. The summed E-state index contributed by atoms with van der Waals surface area (Å²) in [6.45, 7) is 2.00. The number of carboxylic acids is 2. The summed E-state index contributed by atoms with van der Waals surface area (Å²) in [6.07, 6.45) is 0.965. The van der Waals surface area contributed by atoms with Crippen LogP contribution < -0.4 is 10.6 Å². The fraction of sp³-hybridized carbons (Fsp3) is 0.800. The molecule has 0 aliphatic rings. The van der Waals surface area contributed by atoms with E-state index in [1.54, 1.807) is 0 Å². The number of rotatable bonds is 11. The fourth-order valence-corrected chi connectivity index (χ4v) is 1.24. The SMILES string of the molecule is O=C(O)CC(NCCCNCCCO)C(=O)O. The number of hydrogen-bond acceptors (Lipinski definition) is 5. The Morgan fingerprint density at radius 1 is 1.06 bits per heavy atom. The lowest BCUT2D eigenvalue weighted by Gasteiger charge is -2.12. The number of carboxylic acid groups (broad SMARTS) is 2. The average Bonchev–Trinajstić information content (AvgIpc) is 2.25. The van der Waals surface area contributed by atoms with Crippen LogP contribution in [0.15, 0.2) is 0 Å². The molecule has 0 aromatic heterocycles. The number of carbonyl (C=O) groups is 2. The number of hydrogen-bond donors (Lipinski definition) is 5. The highest BCUT2D eigenvalue weighted by Gasteiger charge is 2.19. The standard InChI is InChI=1S/C10H20N2O5/c13-6-2-4-11-3-1-5-12-8(10(16)17)7-9(14)15/h8,11-13H,1-7H2,(H,14,15)(H,16,17). The summed E-state index contributed by atoms with van der Waals surface area (Å²) in [5.74, 6) is -2.29. The molecule has 0 aliphatic heterocycles. The van der Waals surface area contributed by atoms with Crippen molar-refractivity contribution < 1.29 is 24.9 Å². The molecule has 5 N–H and O–H groups in total. The van der Waals surface area contributed by atoms with E-state index in [4.69, 9.17) is 15.3 Å². The minimum atomic E-state index is -1.15. The summed E-state index contributed by atoms with van der Waals surface area (Å²) in [6, 6.07) is -1.04. The maximum absolute atomic E-state index is 10.7. The predicted octanol–water partition coefficient (Wildman–Crippen LogP) is -1.13.